The molecule has 1 rings (SSSR count). The Hall–Kier alpha value is -0.550. The Kier molecular flexibility index (Phi) is 5.46. The molecule has 0 bridgehead atoms. The Morgan fingerprint density at radius 3 is 2.82 bits per heavy atom. The quantitative estimate of drug-likeness (QED) is 0.627. The Morgan fingerprint density at radius 1 is 1.53 bits per heavy atom. The molecule has 3 nitrogen and oxygen atoms in total. The third-order valence-corrected chi connectivity index (χ3v) is 3.60. The largest absolute Gasteiger partial charge is 0.460 e. The maximum atomic E-state index is 11.5. The third-order valence-electron chi connectivity index (χ3n) is 1.69. The standard InChI is InChI=1S/C12H16BrNO2S/c1-12(2,3)16-10(15)6-8-17-11-9(13)5-4-7-14-11/h4-5,7H,6,8H2,1-3H3. The highest BCUT2D eigenvalue weighted by atomic mass is 79.9. The Morgan fingerprint density at radius 2 is 2.24 bits per heavy atom. The van der Waals surface area contributed by atoms with Crippen LogP contribution in [0.4, 0.5) is 0 Å². The van der Waals surface area contributed by atoms with Crippen molar-refractivity contribution in [3.8, 4) is 0 Å². The number of carbonyl (C=O) groups excluding carboxylic acids is 1. The van der Waals surface area contributed by atoms with Crippen LogP contribution in [-0.2, 0) is 9.53 Å². The smallest absolute Gasteiger partial charge is 0.307 e. The summed E-state index contributed by atoms with van der Waals surface area (Å²) in [4.78, 5) is 15.7. The Bertz CT molecular complexity index is 390. The average molecular weight is 318 g/mol. The molecular formula is C12H16BrNO2S. The molecule has 0 atom stereocenters. The van der Waals surface area contributed by atoms with Gasteiger partial charge in [0.15, 0.2) is 0 Å². The summed E-state index contributed by atoms with van der Waals surface area (Å²) in [6.45, 7) is 5.61. The first-order chi connectivity index (χ1) is 7.88. The summed E-state index contributed by atoms with van der Waals surface area (Å²) in [6, 6.07) is 3.80. The molecule has 0 aliphatic carbocycles. The summed E-state index contributed by atoms with van der Waals surface area (Å²) in [6.07, 6.45) is 2.13. The Balaban J connectivity index is 2.34. The van der Waals surface area contributed by atoms with Gasteiger partial charge in [-0.05, 0) is 48.8 Å². The minimum absolute atomic E-state index is 0.169. The topological polar surface area (TPSA) is 39.2 Å². The third kappa shape index (κ3) is 6.07. The van der Waals surface area contributed by atoms with Crippen molar-refractivity contribution in [3.05, 3.63) is 22.8 Å². The van der Waals surface area contributed by atoms with Crippen molar-refractivity contribution in [1.29, 1.82) is 0 Å². The second-order valence-corrected chi connectivity index (χ2v) is 6.41. The molecule has 0 aliphatic rings. The summed E-state index contributed by atoms with van der Waals surface area (Å²) in [5.74, 6) is 0.502. The minimum atomic E-state index is -0.409. The van der Waals surface area contributed by atoms with Gasteiger partial charge in [-0.3, -0.25) is 4.79 Å². The van der Waals surface area contributed by atoms with Gasteiger partial charge in [0.1, 0.15) is 10.6 Å². The SMILES string of the molecule is CC(C)(C)OC(=O)CCSc1ncccc1Br. The number of esters is 1. The van der Waals surface area contributed by atoms with Crippen molar-refractivity contribution in [2.45, 2.75) is 37.8 Å². The molecule has 0 saturated carbocycles. The summed E-state index contributed by atoms with van der Waals surface area (Å²) in [5.41, 5.74) is -0.409. The van der Waals surface area contributed by atoms with E-state index in [4.69, 9.17) is 4.74 Å². The highest BCUT2D eigenvalue weighted by Gasteiger charge is 2.16. The van der Waals surface area contributed by atoms with Crippen LogP contribution in [0.5, 0.6) is 0 Å². The fraction of sp³-hybridized carbons (Fsp3) is 0.500. The number of pyridine rings is 1. The van der Waals surface area contributed by atoms with Gasteiger partial charge in [-0.25, -0.2) is 4.98 Å². The lowest BCUT2D eigenvalue weighted by Gasteiger charge is -2.19. The van der Waals surface area contributed by atoms with Crippen molar-refractivity contribution in [1.82, 2.24) is 4.98 Å². The highest BCUT2D eigenvalue weighted by molar-refractivity contribution is 9.10. The number of hydrogen-bond acceptors (Lipinski definition) is 4. The molecular weight excluding hydrogens is 302 g/mol. The first kappa shape index (κ1) is 14.5. The van der Waals surface area contributed by atoms with Gasteiger partial charge >= 0.3 is 5.97 Å². The average Bonchev–Trinajstić information content (AvgIpc) is 2.18. The number of nitrogens with zero attached hydrogens (tertiary/aromatic N) is 1. The van der Waals surface area contributed by atoms with Gasteiger partial charge < -0.3 is 4.74 Å². The van der Waals surface area contributed by atoms with Crippen LogP contribution in [0.2, 0.25) is 0 Å². The minimum Gasteiger partial charge on any atom is -0.460 e. The van der Waals surface area contributed by atoms with E-state index in [9.17, 15) is 4.79 Å². The van der Waals surface area contributed by atoms with Gasteiger partial charge in [0.05, 0.1) is 6.42 Å². The van der Waals surface area contributed by atoms with Crippen LogP contribution in [0.15, 0.2) is 27.8 Å². The van der Waals surface area contributed by atoms with Crippen LogP contribution < -0.4 is 0 Å². The predicted octanol–water partition coefficient (Wildman–Crippen LogP) is 3.67. The van der Waals surface area contributed by atoms with Crippen molar-refractivity contribution in [3.63, 3.8) is 0 Å². The van der Waals surface area contributed by atoms with E-state index in [0.717, 1.165) is 9.50 Å². The lowest BCUT2D eigenvalue weighted by molar-refractivity contribution is -0.154. The molecule has 0 unspecified atom stereocenters. The predicted molar refractivity (Wildman–Crippen MR) is 73.1 cm³/mol. The number of thioether (sulfide) groups is 1. The van der Waals surface area contributed by atoms with Crippen molar-refractivity contribution < 1.29 is 9.53 Å². The molecule has 0 radical (unpaired) electrons. The van der Waals surface area contributed by atoms with E-state index in [2.05, 4.69) is 20.9 Å². The molecule has 1 aromatic rings. The number of hydrogen-bond donors (Lipinski definition) is 0. The van der Waals surface area contributed by atoms with E-state index in [1.165, 1.54) is 0 Å². The van der Waals surface area contributed by atoms with E-state index >= 15 is 0 Å². The molecule has 17 heavy (non-hydrogen) atoms. The summed E-state index contributed by atoms with van der Waals surface area (Å²) in [5, 5.41) is 0.899. The number of rotatable bonds is 4. The molecule has 0 spiro atoms. The summed E-state index contributed by atoms with van der Waals surface area (Å²) >= 11 is 4.96. The van der Waals surface area contributed by atoms with Gasteiger partial charge in [0, 0.05) is 16.4 Å². The van der Waals surface area contributed by atoms with Gasteiger partial charge in [0.25, 0.3) is 0 Å². The second kappa shape index (κ2) is 6.40. The molecule has 1 aromatic heterocycles. The van der Waals surface area contributed by atoms with E-state index in [1.807, 2.05) is 32.9 Å². The zero-order valence-electron chi connectivity index (χ0n) is 10.2. The Labute approximate surface area is 114 Å². The second-order valence-electron chi connectivity index (χ2n) is 4.48. The van der Waals surface area contributed by atoms with Gasteiger partial charge in [-0.1, -0.05) is 0 Å². The van der Waals surface area contributed by atoms with E-state index in [0.29, 0.717) is 12.2 Å². The van der Waals surface area contributed by atoms with E-state index < -0.39 is 5.60 Å². The summed E-state index contributed by atoms with van der Waals surface area (Å²) < 4.78 is 6.17. The van der Waals surface area contributed by atoms with Gasteiger partial charge in [-0.15, -0.1) is 11.8 Å². The highest BCUT2D eigenvalue weighted by Crippen LogP contribution is 2.25. The zero-order chi connectivity index (χ0) is 12.9. The van der Waals surface area contributed by atoms with Crippen molar-refractivity contribution >= 4 is 33.7 Å². The maximum absolute atomic E-state index is 11.5. The van der Waals surface area contributed by atoms with Crippen LogP contribution in [0.3, 0.4) is 0 Å². The van der Waals surface area contributed by atoms with Gasteiger partial charge in [0.2, 0.25) is 0 Å². The zero-order valence-corrected chi connectivity index (χ0v) is 12.6. The molecule has 5 heteroatoms. The molecule has 0 saturated heterocycles. The van der Waals surface area contributed by atoms with E-state index in [-0.39, 0.29) is 5.97 Å². The fourth-order valence-corrected chi connectivity index (χ4v) is 2.50. The first-order valence-electron chi connectivity index (χ1n) is 5.33. The first-order valence-corrected chi connectivity index (χ1v) is 7.11. The normalized spacial score (nSPS) is 11.3. The molecule has 0 N–H and O–H groups in total. The van der Waals surface area contributed by atoms with E-state index in [1.54, 1.807) is 18.0 Å². The number of aromatic nitrogens is 1. The van der Waals surface area contributed by atoms with Crippen LogP contribution in [0.25, 0.3) is 0 Å². The lowest BCUT2D eigenvalue weighted by atomic mass is 10.2. The molecule has 1 heterocycles. The van der Waals surface area contributed by atoms with Crippen LogP contribution in [0.1, 0.15) is 27.2 Å². The molecule has 0 amide bonds. The van der Waals surface area contributed by atoms with Crippen LogP contribution >= 0.6 is 27.7 Å². The lowest BCUT2D eigenvalue weighted by Crippen LogP contribution is -2.24. The molecule has 94 valence electrons. The number of halogens is 1. The maximum Gasteiger partial charge on any atom is 0.307 e. The monoisotopic (exact) mass is 317 g/mol. The van der Waals surface area contributed by atoms with Gasteiger partial charge in [-0.2, -0.15) is 0 Å². The van der Waals surface area contributed by atoms with Crippen LogP contribution in [-0.4, -0.2) is 22.3 Å². The molecule has 0 aliphatic heterocycles. The number of ether oxygens (including phenoxy) is 1. The number of carbonyl (C=O) groups is 1. The fourth-order valence-electron chi connectivity index (χ4n) is 1.10. The van der Waals surface area contributed by atoms with Crippen molar-refractivity contribution in [2.24, 2.45) is 0 Å². The van der Waals surface area contributed by atoms with Crippen molar-refractivity contribution in [2.75, 3.05) is 5.75 Å². The molecule has 0 fully saturated rings. The molecule has 0 aromatic carbocycles. The van der Waals surface area contributed by atoms with Crippen LogP contribution in [0, 0.1) is 0 Å². The summed E-state index contributed by atoms with van der Waals surface area (Å²) in [7, 11) is 0.